The van der Waals surface area contributed by atoms with E-state index in [1.165, 1.54) is 18.7 Å². The van der Waals surface area contributed by atoms with Crippen LogP contribution in [0.2, 0.25) is 0 Å². The second-order valence-corrected chi connectivity index (χ2v) is 10.2. The highest BCUT2D eigenvalue weighted by Crippen LogP contribution is 2.30. The molecule has 3 amide bonds. The van der Waals surface area contributed by atoms with Crippen molar-refractivity contribution >= 4 is 41.0 Å². The number of methoxy groups -OCH3 is 1. The summed E-state index contributed by atoms with van der Waals surface area (Å²) in [6.07, 6.45) is 1.23. The number of aromatic nitrogens is 3. The number of nitrogens with zero attached hydrogens (tertiary/aromatic N) is 4. The molecule has 0 saturated heterocycles. The van der Waals surface area contributed by atoms with Crippen LogP contribution in [0.5, 0.6) is 5.75 Å². The molecule has 10 nitrogen and oxygen atoms in total. The monoisotopic (exact) mass is 569 g/mol. The zero-order valence-corrected chi connectivity index (χ0v) is 23.3. The summed E-state index contributed by atoms with van der Waals surface area (Å²) in [6, 6.07) is 20.6. The summed E-state index contributed by atoms with van der Waals surface area (Å²) < 4.78 is 7.17. The molecule has 1 aliphatic heterocycles. The Labute approximate surface area is 240 Å². The third-order valence-electron chi connectivity index (χ3n) is 6.53. The van der Waals surface area contributed by atoms with Crippen LogP contribution in [0.1, 0.15) is 50.2 Å². The first-order valence-electron chi connectivity index (χ1n) is 12.9. The van der Waals surface area contributed by atoms with Gasteiger partial charge in [-0.25, -0.2) is 4.90 Å². The smallest absolute Gasteiger partial charge is 0.266 e. The highest BCUT2D eigenvalue weighted by Gasteiger charge is 2.36. The topological polar surface area (TPSA) is 123 Å². The van der Waals surface area contributed by atoms with Gasteiger partial charge in [0, 0.05) is 31.1 Å². The van der Waals surface area contributed by atoms with E-state index in [-0.39, 0.29) is 17.4 Å². The summed E-state index contributed by atoms with van der Waals surface area (Å²) in [7, 11) is 1.59. The van der Waals surface area contributed by atoms with Gasteiger partial charge in [-0.2, -0.15) is 0 Å². The van der Waals surface area contributed by atoms with E-state index in [2.05, 4.69) is 15.5 Å². The summed E-state index contributed by atoms with van der Waals surface area (Å²) in [4.78, 5) is 51.4. The quantitative estimate of drug-likeness (QED) is 0.124. The molecule has 1 N–H and O–H groups in total. The van der Waals surface area contributed by atoms with Crippen molar-refractivity contribution in [2.75, 3.05) is 24.3 Å². The largest absolute Gasteiger partial charge is 0.497 e. The van der Waals surface area contributed by atoms with E-state index >= 15 is 0 Å². The Morgan fingerprint density at radius 3 is 2.27 bits per heavy atom. The van der Waals surface area contributed by atoms with E-state index in [4.69, 9.17) is 4.74 Å². The lowest BCUT2D eigenvalue weighted by Gasteiger charge is -2.15. The highest BCUT2D eigenvalue weighted by atomic mass is 32.2. The lowest BCUT2D eigenvalue weighted by Crippen LogP contribution is -2.29. The molecule has 3 aromatic carbocycles. The molecule has 5 rings (SSSR count). The molecular weight excluding hydrogens is 542 g/mol. The van der Waals surface area contributed by atoms with E-state index in [1.54, 1.807) is 55.6 Å². The summed E-state index contributed by atoms with van der Waals surface area (Å²) in [5.41, 5.74) is 2.21. The maximum absolute atomic E-state index is 13.3. The molecule has 11 heteroatoms. The van der Waals surface area contributed by atoms with Gasteiger partial charge in [-0.15, -0.1) is 10.2 Å². The number of Topliss-reactive ketones (excluding diaryl/α,β-unsaturated/α-hetero) is 1. The molecule has 0 aliphatic carbocycles. The number of imide groups is 1. The third-order valence-corrected chi connectivity index (χ3v) is 7.46. The molecule has 0 fully saturated rings. The summed E-state index contributed by atoms with van der Waals surface area (Å²) in [5.74, 6) is 0.352. The average molecular weight is 570 g/mol. The summed E-state index contributed by atoms with van der Waals surface area (Å²) in [5, 5.41) is 12.0. The van der Waals surface area contributed by atoms with E-state index in [0.29, 0.717) is 58.5 Å². The number of rotatable bonds is 11. The number of hydrogen-bond donors (Lipinski definition) is 1. The van der Waals surface area contributed by atoms with Gasteiger partial charge in [0.1, 0.15) is 11.6 Å². The zero-order chi connectivity index (χ0) is 28.9. The molecule has 41 heavy (non-hydrogen) atoms. The molecule has 208 valence electrons. The molecule has 1 aromatic heterocycles. The fraction of sp³-hybridized carbons (Fsp3) is 0.200. The molecule has 0 bridgehead atoms. The first-order chi connectivity index (χ1) is 19.9. The van der Waals surface area contributed by atoms with Crippen LogP contribution in [0.25, 0.3) is 5.69 Å². The van der Waals surface area contributed by atoms with E-state index in [9.17, 15) is 19.2 Å². The lowest BCUT2D eigenvalue weighted by molar-refractivity contribution is -0.118. The van der Waals surface area contributed by atoms with Crippen molar-refractivity contribution < 1.29 is 23.9 Å². The highest BCUT2D eigenvalue weighted by molar-refractivity contribution is 7.99. The van der Waals surface area contributed by atoms with Gasteiger partial charge < -0.3 is 10.1 Å². The van der Waals surface area contributed by atoms with Gasteiger partial charge in [0.15, 0.2) is 10.9 Å². The fourth-order valence-electron chi connectivity index (χ4n) is 4.51. The van der Waals surface area contributed by atoms with Crippen LogP contribution >= 0.6 is 11.8 Å². The lowest BCUT2D eigenvalue weighted by atomic mass is 10.1. The summed E-state index contributed by atoms with van der Waals surface area (Å²) in [6.45, 7) is 1.98. The predicted molar refractivity (Wildman–Crippen MR) is 154 cm³/mol. The Hall–Kier alpha value is -4.77. The van der Waals surface area contributed by atoms with Crippen molar-refractivity contribution in [2.24, 2.45) is 0 Å². The van der Waals surface area contributed by atoms with Crippen molar-refractivity contribution in [3.63, 3.8) is 0 Å². The van der Waals surface area contributed by atoms with Crippen LogP contribution in [-0.2, 0) is 11.2 Å². The van der Waals surface area contributed by atoms with Crippen molar-refractivity contribution in [1.82, 2.24) is 20.1 Å². The second kappa shape index (κ2) is 12.2. The van der Waals surface area contributed by atoms with Crippen LogP contribution in [0.4, 0.5) is 5.69 Å². The van der Waals surface area contributed by atoms with Crippen molar-refractivity contribution in [3.05, 3.63) is 95.3 Å². The SMILES string of the molecule is COc1ccc(-n2c(CCCNC(C)=O)nnc2SCC(=O)c2cccc(N3C(=O)c4ccccc4C3=O)c2)cc1. The maximum atomic E-state index is 13.3. The third kappa shape index (κ3) is 5.90. The molecule has 0 unspecified atom stereocenters. The van der Waals surface area contributed by atoms with Crippen LogP contribution in [0, 0.1) is 0 Å². The average Bonchev–Trinajstić information content (AvgIpc) is 3.51. The number of hydrogen-bond acceptors (Lipinski definition) is 8. The molecular formula is C30H27N5O5S. The minimum Gasteiger partial charge on any atom is -0.497 e. The van der Waals surface area contributed by atoms with Crippen molar-refractivity contribution in [2.45, 2.75) is 24.9 Å². The second-order valence-electron chi connectivity index (χ2n) is 9.27. The number of benzene rings is 3. The summed E-state index contributed by atoms with van der Waals surface area (Å²) >= 11 is 1.24. The molecule has 0 atom stereocenters. The minimum atomic E-state index is -0.414. The van der Waals surface area contributed by atoms with Gasteiger partial charge in [-0.1, -0.05) is 36.0 Å². The van der Waals surface area contributed by atoms with Gasteiger partial charge in [0.05, 0.1) is 29.7 Å². The van der Waals surface area contributed by atoms with Gasteiger partial charge in [0.25, 0.3) is 11.8 Å². The first-order valence-corrected chi connectivity index (χ1v) is 13.9. The number of aryl methyl sites for hydroxylation is 1. The molecule has 0 saturated carbocycles. The molecule has 2 heterocycles. The molecule has 4 aromatic rings. The normalized spacial score (nSPS) is 12.4. The van der Waals surface area contributed by atoms with Crippen molar-refractivity contribution in [1.29, 1.82) is 0 Å². The van der Waals surface area contributed by atoms with Gasteiger partial charge in [0.2, 0.25) is 5.91 Å². The Bertz CT molecular complexity index is 1600. The number of nitrogens with one attached hydrogen (secondary N) is 1. The van der Waals surface area contributed by atoms with Crippen LogP contribution in [0.15, 0.2) is 78.0 Å². The van der Waals surface area contributed by atoms with Crippen LogP contribution in [-0.4, -0.2) is 57.7 Å². The Morgan fingerprint density at radius 2 is 1.61 bits per heavy atom. The van der Waals surface area contributed by atoms with Gasteiger partial charge >= 0.3 is 0 Å². The first kappa shape index (κ1) is 27.8. The molecule has 0 spiro atoms. The number of thioether (sulfide) groups is 1. The Balaban J connectivity index is 1.33. The maximum Gasteiger partial charge on any atom is 0.266 e. The van der Waals surface area contributed by atoms with Crippen LogP contribution in [0.3, 0.4) is 0 Å². The van der Waals surface area contributed by atoms with Crippen LogP contribution < -0.4 is 15.0 Å². The predicted octanol–water partition coefficient (Wildman–Crippen LogP) is 4.12. The number of fused-ring (bicyclic) bond motifs is 1. The van der Waals surface area contributed by atoms with E-state index in [1.807, 2.05) is 28.8 Å². The number of ether oxygens (including phenoxy) is 1. The number of ketones is 1. The molecule has 0 radical (unpaired) electrons. The fourth-order valence-corrected chi connectivity index (χ4v) is 5.38. The Kier molecular flexibility index (Phi) is 8.25. The van der Waals surface area contributed by atoms with E-state index in [0.717, 1.165) is 10.6 Å². The Morgan fingerprint density at radius 1 is 0.902 bits per heavy atom. The number of carbonyl (C=O) groups is 4. The number of anilines is 1. The number of carbonyl (C=O) groups excluding carboxylic acids is 4. The van der Waals surface area contributed by atoms with Gasteiger partial charge in [-0.3, -0.25) is 23.7 Å². The number of amides is 3. The van der Waals surface area contributed by atoms with Crippen molar-refractivity contribution in [3.8, 4) is 11.4 Å². The standard InChI is InChI=1S/C30H27N5O5S/c1-19(36)31-16-6-11-27-32-33-30(34(27)21-12-14-23(40-2)15-13-21)41-18-26(37)20-7-5-8-22(17-20)35-28(38)24-9-3-4-10-25(24)29(35)39/h3-5,7-10,12-15,17H,6,11,16,18H2,1-2H3,(H,31,36). The minimum absolute atomic E-state index is 0.0613. The zero-order valence-electron chi connectivity index (χ0n) is 22.5. The van der Waals surface area contributed by atoms with Gasteiger partial charge in [-0.05, 0) is 55.0 Å². The molecule has 1 aliphatic rings. The van der Waals surface area contributed by atoms with E-state index < -0.39 is 11.8 Å².